The lowest BCUT2D eigenvalue weighted by molar-refractivity contribution is -0.137. The summed E-state index contributed by atoms with van der Waals surface area (Å²) in [7, 11) is 0. The van der Waals surface area contributed by atoms with Gasteiger partial charge in [0, 0.05) is 6.20 Å². The van der Waals surface area contributed by atoms with Gasteiger partial charge in [-0.3, -0.25) is 9.55 Å². The number of nitrogens with zero attached hydrogens (tertiary/aromatic N) is 2. The Morgan fingerprint density at radius 3 is 2.65 bits per heavy atom. The Hall–Kier alpha value is -2.15. The molecular weight excluding hydrogens is 287 g/mol. The molecule has 0 radical (unpaired) electrons. The first kappa shape index (κ1) is 12.9. The van der Waals surface area contributed by atoms with E-state index in [0.717, 1.165) is 6.07 Å². The average molecular weight is 295 g/mol. The van der Waals surface area contributed by atoms with Crippen molar-refractivity contribution in [3.8, 4) is 5.69 Å². The highest BCUT2D eigenvalue weighted by Gasteiger charge is 2.34. The number of pyridine rings is 1. The number of H-pyrrole nitrogens is 1. The van der Waals surface area contributed by atoms with Crippen LogP contribution in [0.25, 0.3) is 16.7 Å². The maximum atomic E-state index is 13.1. The van der Waals surface area contributed by atoms with Gasteiger partial charge in [0.05, 0.1) is 28.5 Å². The second-order valence-electron chi connectivity index (χ2n) is 4.17. The third kappa shape index (κ3) is 2.00. The maximum absolute atomic E-state index is 13.1. The molecule has 0 spiro atoms. The fraction of sp³-hybridized carbons (Fsp3) is 0.0769. The largest absolute Gasteiger partial charge is 0.418 e. The van der Waals surface area contributed by atoms with Crippen LogP contribution in [0.15, 0.2) is 42.7 Å². The van der Waals surface area contributed by atoms with Crippen molar-refractivity contribution in [3.05, 3.63) is 53.1 Å². The minimum Gasteiger partial charge on any atom is -0.329 e. The zero-order chi connectivity index (χ0) is 14.3. The number of benzene rings is 1. The van der Waals surface area contributed by atoms with Crippen molar-refractivity contribution in [2.24, 2.45) is 0 Å². The van der Waals surface area contributed by atoms with Crippen LogP contribution in [0, 0.1) is 4.77 Å². The number of rotatable bonds is 1. The van der Waals surface area contributed by atoms with Crippen LogP contribution in [0.1, 0.15) is 5.56 Å². The molecule has 3 rings (SSSR count). The molecule has 102 valence electrons. The standard InChI is InChI=1S/C13H8F3N3S/c14-13(15,16)8-3-1-2-4-10(8)19-11-5-6-17-7-9(11)18-12(19)20/h1-7H,(H,18,20). The second kappa shape index (κ2) is 4.45. The summed E-state index contributed by atoms with van der Waals surface area (Å²) in [5, 5.41) is 0. The Bertz CT molecular complexity index is 832. The number of hydrogen-bond donors (Lipinski definition) is 1. The number of aromatic amines is 1. The summed E-state index contributed by atoms with van der Waals surface area (Å²) in [4.78, 5) is 6.77. The molecule has 0 aliphatic carbocycles. The molecule has 0 atom stereocenters. The van der Waals surface area contributed by atoms with Crippen LogP contribution in [0.4, 0.5) is 13.2 Å². The molecule has 2 aromatic heterocycles. The minimum absolute atomic E-state index is 0.00227. The second-order valence-corrected chi connectivity index (χ2v) is 4.56. The molecule has 0 amide bonds. The van der Waals surface area contributed by atoms with Gasteiger partial charge in [-0.1, -0.05) is 12.1 Å². The van der Waals surface area contributed by atoms with E-state index in [-0.39, 0.29) is 10.5 Å². The van der Waals surface area contributed by atoms with E-state index in [0.29, 0.717) is 11.0 Å². The Morgan fingerprint density at radius 2 is 1.90 bits per heavy atom. The van der Waals surface area contributed by atoms with Gasteiger partial charge in [-0.15, -0.1) is 0 Å². The molecule has 1 aromatic carbocycles. The van der Waals surface area contributed by atoms with Gasteiger partial charge in [0.2, 0.25) is 0 Å². The molecular formula is C13H8F3N3S. The van der Waals surface area contributed by atoms with E-state index in [1.807, 2.05) is 0 Å². The van der Waals surface area contributed by atoms with Crippen molar-refractivity contribution in [2.45, 2.75) is 6.18 Å². The van der Waals surface area contributed by atoms with Crippen molar-refractivity contribution in [1.82, 2.24) is 14.5 Å². The number of alkyl halides is 3. The number of aromatic nitrogens is 3. The van der Waals surface area contributed by atoms with Crippen molar-refractivity contribution in [2.75, 3.05) is 0 Å². The molecule has 2 heterocycles. The Labute approximate surface area is 116 Å². The van der Waals surface area contributed by atoms with Gasteiger partial charge in [0.15, 0.2) is 4.77 Å². The van der Waals surface area contributed by atoms with Crippen LogP contribution in [0.5, 0.6) is 0 Å². The molecule has 3 nitrogen and oxygen atoms in total. The van der Waals surface area contributed by atoms with Crippen LogP contribution >= 0.6 is 12.2 Å². The monoisotopic (exact) mass is 295 g/mol. The van der Waals surface area contributed by atoms with E-state index in [2.05, 4.69) is 9.97 Å². The van der Waals surface area contributed by atoms with Crippen molar-refractivity contribution >= 4 is 23.3 Å². The summed E-state index contributed by atoms with van der Waals surface area (Å²) in [6.45, 7) is 0. The predicted molar refractivity (Wildman–Crippen MR) is 71.3 cm³/mol. The van der Waals surface area contributed by atoms with Crippen LogP contribution in [-0.4, -0.2) is 14.5 Å². The fourth-order valence-electron chi connectivity index (χ4n) is 2.11. The number of halogens is 3. The number of para-hydroxylation sites is 1. The van der Waals surface area contributed by atoms with Crippen molar-refractivity contribution in [1.29, 1.82) is 0 Å². The SMILES string of the molecule is FC(F)(F)c1ccccc1-n1c(=S)[nH]c2cnccc21. The predicted octanol–water partition coefficient (Wildman–Crippen LogP) is 4.10. The smallest absolute Gasteiger partial charge is 0.329 e. The zero-order valence-electron chi connectivity index (χ0n) is 9.98. The van der Waals surface area contributed by atoms with Gasteiger partial charge in [-0.25, -0.2) is 0 Å². The van der Waals surface area contributed by atoms with Crippen LogP contribution in [0.3, 0.4) is 0 Å². The summed E-state index contributed by atoms with van der Waals surface area (Å²) in [5.41, 5.74) is 0.424. The highest BCUT2D eigenvalue weighted by Crippen LogP contribution is 2.34. The molecule has 0 bridgehead atoms. The number of nitrogens with one attached hydrogen (secondary N) is 1. The third-order valence-electron chi connectivity index (χ3n) is 2.93. The van der Waals surface area contributed by atoms with Gasteiger partial charge in [-0.05, 0) is 30.4 Å². The Balaban J connectivity index is 2.38. The van der Waals surface area contributed by atoms with E-state index < -0.39 is 11.7 Å². The summed E-state index contributed by atoms with van der Waals surface area (Å²) in [6, 6.07) is 6.96. The van der Waals surface area contributed by atoms with Gasteiger partial charge in [0.25, 0.3) is 0 Å². The lowest BCUT2D eigenvalue weighted by atomic mass is 10.1. The summed E-state index contributed by atoms with van der Waals surface area (Å²) >= 11 is 5.13. The fourth-order valence-corrected chi connectivity index (χ4v) is 2.41. The summed E-state index contributed by atoms with van der Waals surface area (Å²) < 4.78 is 40.9. The van der Waals surface area contributed by atoms with Crippen molar-refractivity contribution in [3.63, 3.8) is 0 Å². The number of fused-ring (bicyclic) bond motifs is 1. The lowest BCUT2D eigenvalue weighted by Crippen LogP contribution is -2.10. The number of hydrogen-bond acceptors (Lipinski definition) is 2. The lowest BCUT2D eigenvalue weighted by Gasteiger charge is -2.13. The Kier molecular flexibility index (Phi) is 2.86. The summed E-state index contributed by atoms with van der Waals surface area (Å²) in [5.74, 6) is 0. The maximum Gasteiger partial charge on any atom is 0.418 e. The molecule has 20 heavy (non-hydrogen) atoms. The molecule has 7 heteroatoms. The van der Waals surface area contributed by atoms with Crippen LogP contribution < -0.4 is 0 Å². The van der Waals surface area contributed by atoms with E-state index in [4.69, 9.17) is 12.2 Å². The molecule has 0 saturated carbocycles. The number of imidazole rings is 1. The minimum atomic E-state index is -4.44. The molecule has 1 N–H and O–H groups in total. The topological polar surface area (TPSA) is 33.6 Å². The van der Waals surface area contributed by atoms with E-state index >= 15 is 0 Å². The quantitative estimate of drug-likeness (QED) is 0.686. The molecule has 3 aromatic rings. The molecule has 0 fully saturated rings. The first-order valence-corrected chi connectivity index (χ1v) is 6.10. The van der Waals surface area contributed by atoms with Gasteiger partial charge < -0.3 is 4.98 Å². The van der Waals surface area contributed by atoms with E-state index in [1.165, 1.54) is 29.1 Å². The molecule has 0 aliphatic heterocycles. The van der Waals surface area contributed by atoms with Crippen LogP contribution in [-0.2, 0) is 6.18 Å². The normalized spacial score (nSPS) is 11.9. The average Bonchev–Trinajstić information content (AvgIpc) is 2.73. The molecule has 0 saturated heterocycles. The first-order valence-electron chi connectivity index (χ1n) is 5.70. The van der Waals surface area contributed by atoms with E-state index in [9.17, 15) is 13.2 Å². The molecule has 0 unspecified atom stereocenters. The Morgan fingerprint density at radius 1 is 1.15 bits per heavy atom. The first-order chi connectivity index (χ1) is 9.48. The van der Waals surface area contributed by atoms with Crippen LogP contribution in [0.2, 0.25) is 0 Å². The summed E-state index contributed by atoms with van der Waals surface area (Å²) in [6.07, 6.45) is -1.41. The third-order valence-corrected chi connectivity index (χ3v) is 3.22. The highest BCUT2D eigenvalue weighted by molar-refractivity contribution is 7.71. The van der Waals surface area contributed by atoms with Crippen molar-refractivity contribution < 1.29 is 13.2 Å². The van der Waals surface area contributed by atoms with Gasteiger partial charge in [-0.2, -0.15) is 13.2 Å². The van der Waals surface area contributed by atoms with E-state index in [1.54, 1.807) is 12.1 Å². The molecule has 0 aliphatic rings. The zero-order valence-corrected chi connectivity index (χ0v) is 10.8. The van der Waals surface area contributed by atoms with Gasteiger partial charge >= 0.3 is 6.18 Å². The highest BCUT2D eigenvalue weighted by atomic mass is 32.1. The van der Waals surface area contributed by atoms with Gasteiger partial charge in [0.1, 0.15) is 0 Å².